The summed E-state index contributed by atoms with van der Waals surface area (Å²) in [7, 11) is 0. The van der Waals surface area contributed by atoms with E-state index >= 15 is 0 Å². The van der Waals surface area contributed by atoms with E-state index in [2.05, 4.69) is 49.7 Å². The highest BCUT2D eigenvalue weighted by molar-refractivity contribution is 4.87. The van der Waals surface area contributed by atoms with Gasteiger partial charge in [-0.2, -0.15) is 0 Å². The van der Waals surface area contributed by atoms with E-state index in [0.717, 1.165) is 19.0 Å². The monoisotopic (exact) mass is 269 g/mol. The maximum atomic E-state index is 3.45. The van der Waals surface area contributed by atoms with Gasteiger partial charge in [0.05, 0.1) is 0 Å². The number of hydrogen-bond acceptors (Lipinski definition) is 3. The second kappa shape index (κ2) is 8.23. The van der Waals surface area contributed by atoms with Crippen molar-refractivity contribution in [2.45, 2.75) is 53.0 Å². The van der Waals surface area contributed by atoms with Crippen LogP contribution in [0.15, 0.2) is 0 Å². The van der Waals surface area contributed by atoms with Gasteiger partial charge >= 0.3 is 0 Å². The molecule has 0 radical (unpaired) electrons. The summed E-state index contributed by atoms with van der Waals surface area (Å²) in [5.41, 5.74) is 0.296. The summed E-state index contributed by atoms with van der Waals surface area (Å²) in [6.07, 6.45) is 2.61. The molecular formula is C16H35N3. The van der Waals surface area contributed by atoms with Crippen LogP contribution in [-0.4, -0.2) is 61.2 Å². The minimum Gasteiger partial charge on any atom is -0.314 e. The van der Waals surface area contributed by atoms with Gasteiger partial charge in [0.25, 0.3) is 0 Å². The Morgan fingerprint density at radius 2 is 1.68 bits per heavy atom. The van der Waals surface area contributed by atoms with Crippen molar-refractivity contribution >= 4 is 0 Å². The number of rotatable bonds is 8. The smallest absolute Gasteiger partial charge is 0.0281 e. The molecule has 1 saturated heterocycles. The Bertz CT molecular complexity index is 230. The van der Waals surface area contributed by atoms with E-state index in [4.69, 9.17) is 0 Å². The summed E-state index contributed by atoms with van der Waals surface area (Å²) in [4.78, 5) is 5.30. The lowest BCUT2D eigenvalue weighted by atomic mass is 9.98. The zero-order valence-electron chi connectivity index (χ0n) is 13.8. The SMILES string of the molecule is CCC(CC)CN(CC)CC(C)(C)N1CCNCC1. The molecule has 0 spiro atoms. The van der Waals surface area contributed by atoms with Gasteiger partial charge in [-0.25, -0.2) is 0 Å². The molecule has 1 rings (SSSR count). The van der Waals surface area contributed by atoms with Gasteiger partial charge in [-0.15, -0.1) is 0 Å². The third kappa shape index (κ3) is 5.41. The van der Waals surface area contributed by atoms with Gasteiger partial charge in [-0.05, 0) is 26.3 Å². The summed E-state index contributed by atoms with van der Waals surface area (Å²) in [6, 6.07) is 0. The van der Waals surface area contributed by atoms with E-state index in [1.54, 1.807) is 0 Å². The number of nitrogens with one attached hydrogen (secondary N) is 1. The highest BCUT2D eigenvalue weighted by atomic mass is 15.3. The minimum absolute atomic E-state index is 0.296. The van der Waals surface area contributed by atoms with Crippen molar-refractivity contribution in [3.8, 4) is 0 Å². The lowest BCUT2D eigenvalue weighted by Gasteiger charge is -2.44. The van der Waals surface area contributed by atoms with Crippen LogP contribution in [0.5, 0.6) is 0 Å². The van der Waals surface area contributed by atoms with Crippen molar-refractivity contribution in [2.24, 2.45) is 5.92 Å². The summed E-state index contributed by atoms with van der Waals surface area (Å²) in [5, 5.41) is 3.45. The Kier molecular flexibility index (Phi) is 7.33. The first-order valence-electron chi connectivity index (χ1n) is 8.21. The van der Waals surface area contributed by atoms with Crippen LogP contribution in [0, 0.1) is 5.92 Å². The summed E-state index contributed by atoms with van der Waals surface area (Å²) in [6.45, 7) is 20.1. The first-order chi connectivity index (χ1) is 9.03. The zero-order valence-corrected chi connectivity index (χ0v) is 13.8. The predicted octanol–water partition coefficient (Wildman–Crippen LogP) is 2.43. The first-order valence-corrected chi connectivity index (χ1v) is 8.21. The molecule has 1 aliphatic rings. The van der Waals surface area contributed by atoms with Gasteiger partial charge in [0.1, 0.15) is 0 Å². The fourth-order valence-corrected chi connectivity index (χ4v) is 3.13. The molecule has 0 aromatic carbocycles. The Balaban J connectivity index is 2.52. The van der Waals surface area contributed by atoms with E-state index in [1.807, 2.05) is 0 Å². The molecule has 19 heavy (non-hydrogen) atoms. The van der Waals surface area contributed by atoms with Crippen molar-refractivity contribution in [1.82, 2.24) is 15.1 Å². The van der Waals surface area contributed by atoms with Crippen molar-refractivity contribution in [1.29, 1.82) is 0 Å². The molecule has 1 aliphatic heterocycles. The highest BCUT2D eigenvalue weighted by Crippen LogP contribution is 2.19. The molecule has 0 aromatic heterocycles. The molecule has 0 aliphatic carbocycles. The molecule has 1 heterocycles. The van der Waals surface area contributed by atoms with Gasteiger partial charge in [-0.1, -0.05) is 33.6 Å². The summed E-state index contributed by atoms with van der Waals surface area (Å²) >= 11 is 0. The van der Waals surface area contributed by atoms with Crippen LogP contribution < -0.4 is 5.32 Å². The van der Waals surface area contributed by atoms with Crippen LogP contribution >= 0.6 is 0 Å². The third-order valence-corrected chi connectivity index (χ3v) is 4.70. The van der Waals surface area contributed by atoms with Gasteiger partial charge in [0.2, 0.25) is 0 Å². The molecular weight excluding hydrogens is 234 g/mol. The predicted molar refractivity (Wildman–Crippen MR) is 84.7 cm³/mol. The summed E-state index contributed by atoms with van der Waals surface area (Å²) in [5.74, 6) is 0.860. The van der Waals surface area contributed by atoms with E-state index in [-0.39, 0.29) is 0 Å². The van der Waals surface area contributed by atoms with Crippen molar-refractivity contribution in [2.75, 3.05) is 45.8 Å². The van der Waals surface area contributed by atoms with Crippen molar-refractivity contribution in [3.05, 3.63) is 0 Å². The molecule has 0 unspecified atom stereocenters. The molecule has 0 bridgehead atoms. The normalized spacial score (nSPS) is 18.5. The first kappa shape index (κ1) is 16.9. The zero-order chi connectivity index (χ0) is 14.3. The summed E-state index contributed by atoms with van der Waals surface area (Å²) < 4.78 is 0. The topological polar surface area (TPSA) is 18.5 Å². The number of nitrogens with zero attached hydrogens (tertiary/aromatic N) is 2. The largest absolute Gasteiger partial charge is 0.314 e. The Morgan fingerprint density at radius 1 is 1.11 bits per heavy atom. The quantitative estimate of drug-likeness (QED) is 0.730. The third-order valence-electron chi connectivity index (χ3n) is 4.70. The van der Waals surface area contributed by atoms with E-state index in [0.29, 0.717) is 5.54 Å². The average molecular weight is 269 g/mol. The average Bonchev–Trinajstić information content (AvgIpc) is 2.44. The van der Waals surface area contributed by atoms with Crippen LogP contribution in [0.25, 0.3) is 0 Å². The molecule has 0 amide bonds. The fourth-order valence-electron chi connectivity index (χ4n) is 3.13. The molecule has 3 heteroatoms. The number of hydrogen-bond donors (Lipinski definition) is 1. The number of likely N-dealkylation sites (N-methyl/N-ethyl adjacent to an activating group) is 1. The molecule has 114 valence electrons. The van der Waals surface area contributed by atoms with Crippen LogP contribution in [0.1, 0.15) is 47.5 Å². The van der Waals surface area contributed by atoms with Crippen molar-refractivity contribution in [3.63, 3.8) is 0 Å². The second-order valence-corrected chi connectivity index (χ2v) is 6.56. The second-order valence-electron chi connectivity index (χ2n) is 6.56. The van der Waals surface area contributed by atoms with Crippen LogP contribution in [0.4, 0.5) is 0 Å². The van der Waals surface area contributed by atoms with Gasteiger partial charge in [0.15, 0.2) is 0 Å². The maximum Gasteiger partial charge on any atom is 0.0281 e. The Labute approximate surface area is 120 Å². The van der Waals surface area contributed by atoms with Crippen LogP contribution in [-0.2, 0) is 0 Å². The molecule has 1 fully saturated rings. The molecule has 0 saturated carbocycles. The van der Waals surface area contributed by atoms with E-state index in [1.165, 1.54) is 45.6 Å². The number of piperazine rings is 1. The Morgan fingerprint density at radius 3 is 2.16 bits per heavy atom. The van der Waals surface area contributed by atoms with E-state index in [9.17, 15) is 0 Å². The standard InChI is InChI=1S/C16H35N3/c1-6-15(7-2)13-18(8-3)14-16(4,5)19-11-9-17-10-12-19/h15,17H,6-14H2,1-5H3. The molecule has 0 aromatic rings. The van der Waals surface area contributed by atoms with Crippen LogP contribution in [0.3, 0.4) is 0 Å². The molecule has 1 N–H and O–H groups in total. The van der Waals surface area contributed by atoms with Crippen LogP contribution in [0.2, 0.25) is 0 Å². The molecule has 0 atom stereocenters. The lowest BCUT2D eigenvalue weighted by Crippen LogP contribution is -2.58. The van der Waals surface area contributed by atoms with E-state index < -0.39 is 0 Å². The lowest BCUT2D eigenvalue weighted by molar-refractivity contribution is 0.0588. The molecule has 3 nitrogen and oxygen atoms in total. The van der Waals surface area contributed by atoms with Gasteiger partial charge < -0.3 is 10.2 Å². The fraction of sp³-hybridized carbons (Fsp3) is 1.00. The minimum atomic E-state index is 0.296. The Hall–Kier alpha value is -0.120. The highest BCUT2D eigenvalue weighted by Gasteiger charge is 2.29. The van der Waals surface area contributed by atoms with Gasteiger partial charge in [-0.3, -0.25) is 4.90 Å². The maximum absolute atomic E-state index is 3.45. The van der Waals surface area contributed by atoms with Gasteiger partial charge in [0, 0.05) is 44.8 Å². The van der Waals surface area contributed by atoms with Crippen molar-refractivity contribution < 1.29 is 0 Å².